The summed E-state index contributed by atoms with van der Waals surface area (Å²) < 4.78 is 5.92. The van der Waals surface area contributed by atoms with E-state index in [2.05, 4.69) is 44.2 Å². The molecule has 4 heteroatoms. The zero-order valence-electron chi connectivity index (χ0n) is 17.9. The van der Waals surface area contributed by atoms with Crippen LogP contribution >= 0.6 is 0 Å². The molecule has 0 spiro atoms. The van der Waals surface area contributed by atoms with Gasteiger partial charge in [0, 0.05) is 12.8 Å². The number of aliphatic hydroxyl groups excluding tert-OH is 2. The van der Waals surface area contributed by atoms with Crippen LogP contribution in [0.15, 0.2) is 42.5 Å². The molecule has 3 atom stereocenters. The molecule has 0 amide bonds. The third-order valence-electron chi connectivity index (χ3n) is 5.24. The highest BCUT2D eigenvalue weighted by Gasteiger charge is 2.29. The molecule has 3 unspecified atom stereocenters. The summed E-state index contributed by atoms with van der Waals surface area (Å²) in [5.41, 5.74) is 5.01. The molecule has 1 fully saturated rings. The van der Waals surface area contributed by atoms with Gasteiger partial charge in [0.25, 0.3) is 0 Å². The van der Waals surface area contributed by atoms with Crippen LogP contribution in [0, 0.1) is 11.3 Å². The third-order valence-corrected chi connectivity index (χ3v) is 5.24. The maximum Gasteiger partial charge on any atom is 0.0994 e. The van der Waals surface area contributed by atoms with Crippen LogP contribution in [0.4, 0.5) is 0 Å². The van der Waals surface area contributed by atoms with Gasteiger partial charge < -0.3 is 14.9 Å². The summed E-state index contributed by atoms with van der Waals surface area (Å²) in [7, 11) is 0. The molecule has 2 aromatic carbocycles. The summed E-state index contributed by atoms with van der Waals surface area (Å²) in [6, 6.07) is 16.5. The molecule has 1 aliphatic rings. The average molecular weight is 396 g/mol. The summed E-state index contributed by atoms with van der Waals surface area (Å²) in [5, 5.41) is 28.9. The Morgan fingerprint density at radius 1 is 1.10 bits per heavy atom. The minimum absolute atomic E-state index is 0.0983. The number of nitrogens with zero attached hydrogens (tertiary/aromatic N) is 1. The zero-order valence-corrected chi connectivity index (χ0v) is 17.9. The molecule has 2 aromatic rings. The largest absolute Gasteiger partial charge is 0.394 e. The fourth-order valence-corrected chi connectivity index (χ4v) is 3.63. The molecule has 3 rings (SSSR count). The lowest BCUT2D eigenvalue weighted by molar-refractivity contribution is -0.113. The highest BCUT2D eigenvalue weighted by atomic mass is 16.5. The molecule has 1 heterocycles. The Morgan fingerprint density at radius 2 is 1.79 bits per heavy atom. The molecule has 156 valence electrons. The summed E-state index contributed by atoms with van der Waals surface area (Å²) in [6.45, 7) is 8.24. The van der Waals surface area contributed by atoms with Crippen LogP contribution in [0.25, 0.3) is 0 Å². The molecule has 1 saturated heterocycles. The fraction of sp³-hybridized carbons (Fsp3) is 0.480. The Labute approximate surface area is 174 Å². The van der Waals surface area contributed by atoms with Gasteiger partial charge in [0.2, 0.25) is 0 Å². The molecule has 29 heavy (non-hydrogen) atoms. The number of nitriles is 1. The Morgan fingerprint density at radius 3 is 2.38 bits per heavy atom. The van der Waals surface area contributed by atoms with Crippen molar-refractivity contribution in [2.45, 2.75) is 71.2 Å². The van der Waals surface area contributed by atoms with Crippen LogP contribution in [0.2, 0.25) is 0 Å². The normalized spacial score (nSPS) is 21.2. The lowest BCUT2D eigenvalue weighted by Gasteiger charge is -2.32. The van der Waals surface area contributed by atoms with Crippen molar-refractivity contribution in [1.29, 1.82) is 5.26 Å². The second kappa shape index (κ2) is 11.1. The lowest BCUT2D eigenvalue weighted by atomic mass is 9.91. The van der Waals surface area contributed by atoms with Gasteiger partial charge in [-0.1, -0.05) is 64.1 Å². The van der Waals surface area contributed by atoms with E-state index in [0.29, 0.717) is 30.7 Å². The van der Waals surface area contributed by atoms with Gasteiger partial charge in [-0.15, -0.1) is 0 Å². The van der Waals surface area contributed by atoms with E-state index < -0.39 is 6.10 Å². The van der Waals surface area contributed by atoms with Crippen molar-refractivity contribution >= 4 is 0 Å². The smallest absolute Gasteiger partial charge is 0.0994 e. The van der Waals surface area contributed by atoms with Crippen molar-refractivity contribution in [3.8, 4) is 6.07 Å². The standard InChI is InChI=1S/C23H27NO3.C2H6/c1-15(2)17-5-3-16(4-6-17)9-20-10-18(7-8-19(20)13-24)23-12-21(26)11-22(14-25)27-23;1-2/h3-8,10,15,21-23,25-26H,9,11-12,14H2,1-2H3;1-2H3. The average Bonchev–Trinajstić information content (AvgIpc) is 2.75. The highest BCUT2D eigenvalue weighted by molar-refractivity contribution is 5.44. The second-order valence-corrected chi connectivity index (χ2v) is 7.66. The van der Waals surface area contributed by atoms with Crippen LogP contribution in [0.1, 0.15) is 80.4 Å². The van der Waals surface area contributed by atoms with Crippen LogP contribution in [-0.2, 0) is 11.2 Å². The van der Waals surface area contributed by atoms with Crippen molar-refractivity contribution in [3.05, 3.63) is 70.3 Å². The minimum atomic E-state index is -0.483. The number of ether oxygens (including phenoxy) is 1. The van der Waals surface area contributed by atoms with E-state index in [4.69, 9.17) is 4.74 Å². The molecular weight excluding hydrogens is 362 g/mol. The highest BCUT2D eigenvalue weighted by Crippen LogP contribution is 2.33. The predicted octanol–water partition coefficient (Wildman–Crippen LogP) is 4.87. The van der Waals surface area contributed by atoms with Gasteiger partial charge in [0.05, 0.1) is 36.6 Å². The Kier molecular flexibility index (Phi) is 8.85. The van der Waals surface area contributed by atoms with Crippen LogP contribution in [-0.4, -0.2) is 29.0 Å². The number of aliphatic hydroxyl groups is 2. The lowest BCUT2D eigenvalue weighted by Crippen LogP contribution is -2.33. The van der Waals surface area contributed by atoms with Crippen molar-refractivity contribution in [2.24, 2.45) is 0 Å². The molecule has 0 aromatic heterocycles. The number of hydrogen-bond acceptors (Lipinski definition) is 4. The molecule has 2 N–H and O–H groups in total. The van der Waals surface area contributed by atoms with E-state index in [0.717, 1.165) is 16.7 Å². The van der Waals surface area contributed by atoms with E-state index in [1.54, 1.807) is 0 Å². The van der Waals surface area contributed by atoms with Gasteiger partial charge in [-0.25, -0.2) is 0 Å². The molecule has 4 nitrogen and oxygen atoms in total. The van der Waals surface area contributed by atoms with Gasteiger partial charge in [-0.05, 0) is 40.7 Å². The molecule has 0 saturated carbocycles. The van der Waals surface area contributed by atoms with Crippen molar-refractivity contribution in [2.75, 3.05) is 6.61 Å². The zero-order chi connectivity index (χ0) is 21.4. The first-order chi connectivity index (χ1) is 14.0. The maximum atomic E-state index is 10.1. The van der Waals surface area contributed by atoms with E-state index in [1.165, 1.54) is 5.56 Å². The topological polar surface area (TPSA) is 73.5 Å². The minimum Gasteiger partial charge on any atom is -0.394 e. The van der Waals surface area contributed by atoms with Gasteiger partial charge in [0.15, 0.2) is 0 Å². The van der Waals surface area contributed by atoms with Crippen molar-refractivity contribution in [1.82, 2.24) is 0 Å². The second-order valence-electron chi connectivity index (χ2n) is 7.66. The predicted molar refractivity (Wildman–Crippen MR) is 116 cm³/mol. The van der Waals surface area contributed by atoms with Gasteiger partial charge in [0.1, 0.15) is 0 Å². The summed E-state index contributed by atoms with van der Waals surface area (Å²) in [6.07, 6.45) is 0.544. The summed E-state index contributed by atoms with van der Waals surface area (Å²) in [5.74, 6) is 0.492. The molecule has 0 bridgehead atoms. The molecule has 0 aliphatic carbocycles. The fourth-order valence-electron chi connectivity index (χ4n) is 3.63. The third kappa shape index (κ3) is 6.14. The van der Waals surface area contributed by atoms with E-state index in [9.17, 15) is 15.5 Å². The van der Waals surface area contributed by atoms with Gasteiger partial charge in [-0.3, -0.25) is 0 Å². The Balaban J connectivity index is 0.00000145. The first kappa shape index (κ1) is 23.1. The van der Waals surface area contributed by atoms with Crippen molar-refractivity contribution < 1.29 is 14.9 Å². The number of rotatable bonds is 5. The maximum absolute atomic E-state index is 10.1. The van der Waals surface area contributed by atoms with Crippen molar-refractivity contribution in [3.63, 3.8) is 0 Å². The molecule has 1 aliphatic heterocycles. The first-order valence-corrected chi connectivity index (χ1v) is 10.6. The molecular formula is C25H33NO3. The summed E-state index contributed by atoms with van der Waals surface area (Å²) >= 11 is 0. The van der Waals surface area contributed by atoms with Crippen LogP contribution < -0.4 is 0 Å². The molecule has 0 radical (unpaired) electrons. The van der Waals surface area contributed by atoms with E-state index >= 15 is 0 Å². The monoisotopic (exact) mass is 395 g/mol. The Hall–Kier alpha value is -2.19. The van der Waals surface area contributed by atoms with E-state index in [-0.39, 0.29) is 18.8 Å². The van der Waals surface area contributed by atoms with E-state index in [1.807, 2.05) is 32.0 Å². The Bertz CT molecular complexity index is 808. The van der Waals surface area contributed by atoms with Crippen LogP contribution in [0.5, 0.6) is 0 Å². The SMILES string of the molecule is CC.CC(C)c1ccc(Cc2cc(C3CC(O)CC(CO)O3)ccc2C#N)cc1. The van der Waals surface area contributed by atoms with Gasteiger partial charge >= 0.3 is 0 Å². The first-order valence-electron chi connectivity index (χ1n) is 10.6. The van der Waals surface area contributed by atoms with Gasteiger partial charge in [-0.2, -0.15) is 5.26 Å². The van der Waals surface area contributed by atoms with Crippen LogP contribution in [0.3, 0.4) is 0 Å². The number of hydrogen-bond donors (Lipinski definition) is 2. The quantitative estimate of drug-likeness (QED) is 0.757. The summed E-state index contributed by atoms with van der Waals surface area (Å²) in [4.78, 5) is 0. The number of benzene rings is 2.